The monoisotopic (exact) mass is 1360 g/mol. The van der Waals surface area contributed by atoms with Crippen molar-refractivity contribution in [2.24, 2.45) is 11.5 Å². The third-order valence-electron chi connectivity index (χ3n) is 15.8. The van der Waals surface area contributed by atoms with Crippen molar-refractivity contribution in [3.8, 4) is 11.5 Å². The Labute approximate surface area is 555 Å². The Morgan fingerprint density at radius 3 is 1.56 bits per heavy atom. The van der Waals surface area contributed by atoms with Crippen LogP contribution >= 0.6 is 15.5 Å². The molecule has 1 aromatic heterocycles. The number of hydrogen-bond donors (Lipinski definition) is 5. The number of carbonyl (C=O) groups is 4. The topological polar surface area (TPSA) is 317 Å². The average Bonchev–Trinajstić information content (AvgIpc) is 1.55. The molecule has 25 nitrogen and oxygen atoms in total. The highest BCUT2D eigenvalue weighted by Crippen LogP contribution is 2.51. The molecule has 0 aliphatic carbocycles. The van der Waals surface area contributed by atoms with Gasteiger partial charge < -0.3 is 68.4 Å². The molecule has 2 amide bonds. The Kier molecular flexibility index (Phi) is 22.7. The van der Waals surface area contributed by atoms with Gasteiger partial charge in [0.1, 0.15) is 72.9 Å². The second-order valence-electron chi connectivity index (χ2n) is 23.8. The van der Waals surface area contributed by atoms with E-state index in [-0.39, 0.29) is 32.0 Å². The molecule has 0 radical (unpaired) electrons. The number of ether oxygens (including phenoxy) is 8. The third-order valence-corrected chi connectivity index (χ3v) is 19.1. The first-order valence-corrected chi connectivity index (χ1v) is 34.1. The number of allylic oxidation sites excluding steroid dienone is 1. The van der Waals surface area contributed by atoms with Gasteiger partial charge in [-0.3, -0.25) is 28.2 Å². The number of fused-ring (bicyclic) bond motifs is 4. The van der Waals surface area contributed by atoms with E-state index in [1.807, 2.05) is 121 Å². The number of rotatable bonds is 24. The van der Waals surface area contributed by atoms with E-state index in [2.05, 4.69) is 10.2 Å². The first-order chi connectivity index (χ1) is 46.0. The Morgan fingerprint density at radius 2 is 1.05 bits per heavy atom. The van der Waals surface area contributed by atoms with E-state index in [9.17, 15) is 28.3 Å². The number of aliphatic hydroxyl groups is 1. The average molecular weight is 1360 g/mol. The fraction of sp³-hybridized carbons (Fsp3) is 0.348. The summed E-state index contributed by atoms with van der Waals surface area (Å²) in [5.74, 6) is -3.70. The van der Waals surface area contributed by atoms with Crippen LogP contribution < -0.4 is 35.3 Å². The Balaban J connectivity index is 0.000000204. The second-order valence-corrected chi connectivity index (χ2v) is 27.2. The minimum atomic E-state index is -4.28. The molecule has 6 unspecified atom stereocenters. The fourth-order valence-corrected chi connectivity index (χ4v) is 14.4. The molecule has 4 fully saturated rings. The first kappa shape index (κ1) is 70.6. The number of aliphatic hydroxyl groups excluding tert-OH is 1. The van der Waals surface area contributed by atoms with Crippen LogP contribution in [0.2, 0.25) is 0 Å². The van der Waals surface area contributed by atoms with Crippen molar-refractivity contribution in [1.82, 2.24) is 15.1 Å². The summed E-state index contributed by atoms with van der Waals surface area (Å²) in [7, 11) is -7.56. The molecule has 7 N–H and O–H groups in total. The number of primary amides is 2. The molecule has 508 valence electrons. The quantitative estimate of drug-likeness (QED) is 0.0214. The first-order valence-electron chi connectivity index (χ1n) is 31.0. The van der Waals surface area contributed by atoms with Crippen molar-refractivity contribution < 1.29 is 94.0 Å². The van der Waals surface area contributed by atoms with E-state index in [1.165, 1.54) is 13.8 Å². The van der Waals surface area contributed by atoms with Gasteiger partial charge in [0.05, 0.1) is 13.2 Å². The number of hydrogen-bond acceptors (Lipinski definition) is 20. The zero-order valence-corrected chi connectivity index (χ0v) is 55.7. The minimum Gasteiger partial charge on any atom is -0.460 e. The van der Waals surface area contributed by atoms with Gasteiger partial charge in [-0.15, -0.1) is 0 Å². The fourth-order valence-electron chi connectivity index (χ4n) is 11.4. The van der Waals surface area contributed by atoms with Crippen molar-refractivity contribution in [2.45, 2.75) is 134 Å². The number of aromatic nitrogens is 1. The molecule has 12 atom stereocenters. The highest BCUT2D eigenvalue weighted by Gasteiger charge is 2.60. The number of nitrogens with zero attached hydrogens (tertiary/aromatic N) is 2. The lowest BCUT2D eigenvalue weighted by Gasteiger charge is -2.31. The van der Waals surface area contributed by atoms with Crippen molar-refractivity contribution in [2.75, 3.05) is 20.3 Å². The molecule has 6 heterocycles. The van der Waals surface area contributed by atoms with Crippen LogP contribution in [0.15, 0.2) is 194 Å². The summed E-state index contributed by atoms with van der Waals surface area (Å²) in [4.78, 5) is 51.5. The number of nitrogens with one attached hydrogen (secondary N) is 2. The van der Waals surface area contributed by atoms with Crippen LogP contribution in [0.5, 0.6) is 11.5 Å². The number of carbonyl (C=O) groups excluding carboxylic acids is 4. The second kappa shape index (κ2) is 30.9. The lowest BCUT2D eigenvalue weighted by Crippen LogP contribution is -2.46. The predicted octanol–water partition coefficient (Wildman–Crippen LogP) is 9.08. The summed E-state index contributed by atoms with van der Waals surface area (Å²) in [6, 6.07) is 45.3. The SMILES string of the molecule is CC(NP(=O)(OCC1O[C@@H](N2C=CCC(C(N)=O)=C2)[C@@H]2OC(C)(C)O[C@H]12)Oc1cccc2ccccc12)C(=O)OCc1ccccc1.CC(NP(=O)(OCC1O[C@@H]([n+]2cccc(C(N)=O)c2)[C@@H]2OC(C)(C)O[C@H]12)Oc1cccc2ccccc12)C(=O)OCc1ccccc1.CO. The molecule has 4 saturated heterocycles. The predicted molar refractivity (Wildman–Crippen MR) is 350 cm³/mol. The summed E-state index contributed by atoms with van der Waals surface area (Å²) in [6.07, 6.45) is 3.54. The summed E-state index contributed by atoms with van der Waals surface area (Å²) >= 11 is 0. The van der Waals surface area contributed by atoms with Crippen LogP contribution in [0, 0.1) is 0 Å². The molecule has 6 aromatic carbocycles. The van der Waals surface area contributed by atoms with Crippen LogP contribution in [0.4, 0.5) is 0 Å². The molecular formula is C69H79N6O19P2+. The van der Waals surface area contributed by atoms with Gasteiger partial charge in [0.15, 0.2) is 36.3 Å². The van der Waals surface area contributed by atoms with Gasteiger partial charge in [-0.05, 0) is 88.1 Å². The smallest absolute Gasteiger partial charge is 0.459 e. The minimum absolute atomic E-state index is 0.0448. The molecule has 7 aromatic rings. The van der Waals surface area contributed by atoms with Crippen molar-refractivity contribution in [1.29, 1.82) is 0 Å². The van der Waals surface area contributed by atoms with Gasteiger partial charge in [0.2, 0.25) is 5.91 Å². The van der Waals surface area contributed by atoms with Crippen LogP contribution in [-0.4, -0.2) is 121 Å². The summed E-state index contributed by atoms with van der Waals surface area (Å²) < 4.78 is 103. The van der Waals surface area contributed by atoms with Gasteiger partial charge in [-0.2, -0.15) is 14.7 Å². The van der Waals surface area contributed by atoms with Crippen LogP contribution in [-0.2, 0) is 83.7 Å². The normalized spacial score (nSPS) is 23.8. The lowest BCUT2D eigenvalue weighted by atomic mass is 10.1. The van der Waals surface area contributed by atoms with Crippen molar-refractivity contribution >= 4 is 60.8 Å². The Morgan fingerprint density at radius 1 is 0.594 bits per heavy atom. The number of nitrogens with two attached hydrogens (primary N) is 2. The van der Waals surface area contributed by atoms with Crippen molar-refractivity contribution in [3.05, 3.63) is 211 Å². The molecule has 27 heteroatoms. The molecule has 12 rings (SSSR count). The maximum absolute atomic E-state index is 14.5. The van der Waals surface area contributed by atoms with Crippen LogP contribution in [0.1, 0.15) is 75.7 Å². The van der Waals surface area contributed by atoms with E-state index in [0.717, 1.165) is 29.0 Å². The third kappa shape index (κ3) is 17.5. The highest BCUT2D eigenvalue weighted by atomic mass is 31.2. The summed E-state index contributed by atoms with van der Waals surface area (Å²) in [5, 5.41) is 15.7. The molecule has 5 aliphatic heterocycles. The summed E-state index contributed by atoms with van der Waals surface area (Å²) in [6.45, 7) is 9.77. The maximum Gasteiger partial charge on any atom is 0.459 e. The molecule has 96 heavy (non-hydrogen) atoms. The molecular weight excluding hydrogens is 1280 g/mol. The number of benzene rings is 6. The maximum atomic E-state index is 14.5. The highest BCUT2D eigenvalue weighted by molar-refractivity contribution is 7.52. The van der Waals surface area contributed by atoms with Gasteiger partial charge in [0.25, 0.3) is 12.1 Å². The molecule has 0 spiro atoms. The number of esters is 2. The zero-order valence-electron chi connectivity index (χ0n) is 53.9. The van der Waals surface area contributed by atoms with Crippen LogP contribution in [0.3, 0.4) is 0 Å². The number of pyridine rings is 1. The van der Waals surface area contributed by atoms with Gasteiger partial charge in [0, 0.05) is 41.9 Å². The summed E-state index contributed by atoms with van der Waals surface area (Å²) in [5.41, 5.74) is 13.4. The van der Waals surface area contributed by atoms with E-state index < -0.39 is 112 Å². The van der Waals surface area contributed by atoms with E-state index >= 15 is 0 Å². The van der Waals surface area contributed by atoms with E-state index in [1.54, 1.807) is 104 Å². The molecule has 5 aliphatic rings. The van der Waals surface area contributed by atoms with Gasteiger partial charge in [-0.1, -0.05) is 140 Å². The standard InChI is InChI=1S/C34H38N3O9P.C34H36N3O9P.CH4O/c2*1-22(33(39)41-20-23-11-5-4-6-12-23)36-47(40,46-27-17-9-14-24-13-7-8-16-26(24)27)42-21-28-29-30(45-34(2,3)44-29)32(43-28)37-18-10-15-25(19-37)31(35)38;1-2/h4-14,16-19,22,28-30,32H,15,20-21H2,1-3H3,(H2,35,38)(H,36,40);4-19,22,28-30,32H,20-21H2,1-3H3,(H2-,35,36,38,40);2H,1H3/p+1/t2*22?,28?,29-,30-,32-,47?;/m11./s1. The Bertz CT molecular complexity index is 4040. The Hall–Kier alpha value is -8.23. The van der Waals surface area contributed by atoms with Crippen molar-refractivity contribution in [3.63, 3.8) is 0 Å². The molecule has 0 saturated carbocycles. The zero-order chi connectivity index (χ0) is 68.4. The largest absolute Gasteiger partial charge is 0.460 e. The molecule has 0 bridgehead atoms. The van der Waals surface area contributed by atoms with E-state index in [4.69, 9.17) is 72.6 Å². The van der Waals surface area contributed by atoms with Gasteiger partial charge >= 0.3 is 27.4 Å². The van der Waals surface area contributed by atoms with Crippen LogP contribution in [0.25, 0.3) is 21.5 Å². The van der Waals surface area contributed by atoms with Gasteiger partial charge in [-0.25, -0.2) is 9.13 Å². The number of amides is 2. The lowest BCUT2D eigenvalue weighted by molar-refractivity contribution is -0.766. The van der Waals surface area contributed by atoms with E-state index in [0.29, 0.717) is 34.3 Å².